The van der Waals surface area contributed by atoms with Crippen LogP contribution in [-0.2, 0) is 10.3 Å². The highest BCUT2D eigenvalue weighted by molar-refractivity contribution is 6.31. The van der Waals surface area contributed by atoms with Gasteiger partial charge in [0, 0.05) is 13.1 Å². The molecule has 1 atom stereocenters. The van der Waals surface area contributed by atoms with Gasteiger partial charge >= 0.3 is 6.09 Å². The minimum absolute atomic E-state index is 0.0566. The summed E-state index contributed by atoms with van der Waals surface area (Å²) in [6, 6.07) is 3.11. The van der Waals surface area contributed by atoms with Gasteiger partial charge in [0.2, 0.25) is 0 Å². The van der Waals surface area contributed by atoms with E-state index in [0.29, 0.717) is 24.2 Å². The summed E-state index contributed by atoms with van der Waals surface area (Å²) in [7, 11) is 0. The van der Waals surface area contributed by atoms with Crippen molar-refractivity contribution in [3.05, 3.63) is 28.5 Å². The van der Waals surface area contributed by atoms with Crippen LogP contribution in [0.1, 0.15) is 31.2 Å². The quantitative estimate of drug-likeness (QED) is 0.772. The summed E-state index contributed by atoms with van der Waals surface area (Å²) < 4.78 is 20.2. The van der Waals surface area contributed by atoms with E-state index in [2.05, 4.69) is 10.6 Å². The summed E-state index contributed by atoms with van der Waals surface area (Å²) in [5.74, 6) is -0.493. The van der Waals surface area contributed by atoms with Gasteiger partial charge in [0.05, 0.1) is 16.3 Å². The standard InChI is InChI=1S/C15H16ClFN2O2/c16-9-2-3-10-11(12(9)17)15(21-13(20)19-10)6-14(4-1-5-14)7-18-8-15/h2-3,18H,1,4-8H2,(H,19,20)/t15-/m0/s1. The smallest absolute Gasteiger partial charge is 0.412 e. The Balaban J connectivity index is 1.86. The second-order valence-electron chi connectivity index (χ2n) is 6.43. The molecule has 1 saturated carbocycles. The molecule has 2 heterocycles. The Morgan fingerprint density at radius 2 is 2.10 bits per heavy atom. The fourth-order valence-corrected chi connectivity index (χ4v) is 4.16. The lowest BCUT2D eigenvalue weighted by Crippen LogP contribution is -2.58. The average Bonchev–Trinajstić information content (AvgIpc) is 2.41. The molecular weight excluding hydrogens is 295 g/mol. The van der Waals surface area contributed by atoms with E-state index in [4.69, 9.17) is 16.3 Å². The van der Waals surface area contributed by atoms with Crippen LogP contribution in [0.4, 0.5) is 14.9 Å². The maximum atomic E-state index is 14.6. The van der Waals surface area contributed by atoms with Gasteiger partial charge in [0.15, 0.2) is 11.4 Å². The Morgan fingerprint density at radius 3 is 2.81 bits per heavy atom. The average molecular weight is 311 g/mol. The van der Waals surface area contributed by atoms with Crippen LogP contribution >= 0.6 is 11.6 Å². The van der Waals surface area contributed by atoms with Crippen molar-refractivity contribution in [2.75, 3.05) is 18.4 Å². The summed E-state index contributed by atoms with van der Waals surface area (Å²) in [6.07, 6.45) is 3.48. The molecule has 2 aliphatic heterocycles. The molecule has 0 radical (unpaired) electrons. The summed E-state index contributed by atoms with van der Waals surface area (Å²) >= 11 is 5.94. The lowest BCUT2D eigenvalue weighted by Gasteiger charge is -2.53. The van der Waals surface area contributed by atoms with Crippen LogP contribution in [0.15, 0.2) is 12.1 Å². The maximum absolute atomic E-state index is 14.6. The molecule has 2 fully saturated rings. The van der Waals surface area contributed by atoms with E-state index < -0.39 is 17.5 Å². The predicted molar refractivity (Wildman–Crippen MR) is 77.0 cm³/mol. The summed E-state index contributed by atoms with van der Waals surface area (Å²) in [5, 5.41) is 5.96. The number of fused-ring (bicyclic) bond motifs is 2. The molecule has 1 aliphatic carbocycles. The zero-order chi connectivity index (χ0) is 14.7. The molecular formula is C15H16ClFN2O2. The molecule has 6 heteroatoms. The van der Waals surface area contributed by atoms with E-state index in [0.717, 1.165) is 19.4 Å². The van der Waals surface area contributed by atoms with Crippen LogP contribution in [0, 0.1) is 11.2 Å². The van der Waals surface area contributed by atoms with Crippen molar-refractivity contribution in [1.29, 1.82) is 0 Å². The molecule has 21 heavy (non-hydrogen) atoms. The van der Waals surface area contributed by atoms with Crippen molar-refractivity contribution in [1.82, 2.24) is 5.32 Å². The molecule has 4 rings (SSSR count). The number of rotatable bonds is 0. The Bertz CT molecular complexity index is 632. The molecule has 1 amide bonds. The zero-order valence-electron chi connectivity index (χ0n) is 11.5. The monoisotopic (exact) mass is 310 g/mol. The molecule has 2 N–H and O–H groups in total. The number of hydrogen-bond donors (Lipinski definition) is 2. The number of nitrogens with one attached hydrogen (secondary N) is 2. The molecule has 0 bridgehead atoms. The number of amides is 1. The third-order valence-electron chi connectivity index (χ3n) is 5.06. The summed E-state index contributed by atoms with van der Waals surface area (Å²) in [6.45, 7) is 1.32. The SMILES string of the molecule is O=C1Nc2ccc(Cl)c(F)c2[C@]2(CNCC3(CCC3)C2)O1. The highest BCUT2D eigenvalue weighted by Gasteiger charge is 2.54. The van der Waals surface area contributed by atoms with Crippen LogP contribution in [0.3, 0.4) is 0 Å². The first-order valence-corrected chi connectivity index (χ1v) is 7.61. The van der Waals surface area contributed by atoms with E-state index in [9.17, 15) is 9.18 Å². The molecule has 0 unspecified atom stereocenters. The van der Waals surface area contributed by atoms with E-state index in [1.54, 1.807) is 6.07 Å². The van der Waals surface area contributed by atoms with Crippen molar-refractivity contribution in [2.45, 2.75) is 31.3 Å². The van der Waals surface area contributed by atoms with Crippen LogP contribution < -0.4 is 10.6 Å². The lowest BCUT2D eigenvalue weighted by molar-refractivity contribution is -0.0771. The minimum atomic E-state index is -0.953. The van der Waals surface area contributed by atoms with Gasteiger partial charge in [-0.1, -0.05) is 18.0 Å². The maximum Gasteiger partial charge on any atom is 0.412 e. The number of hydrogen-bond acceptors (Lipinski definition) is 3. The number of carbonyl (C=O) groups is 1. The van der Waals surface area contributed by atoms with Gasteiger partial charge in [-0.2, -0.15) is 0 Å². The number of halogens is 2. The number of carbonyl (C=O) groups excluding carboxylic acids is 1. The van der Waals surface area contributed by atoms with Crippen LogP contribution in [0.5, 0.6) is 0 Å². The largest absolute Gasteiger partial charge is 0.436 e. The Kier molecular flexibility index (Phi) is 2.75. The lowest BCUT2D eigenvalue weighted by atomic mass is 9.60. The van der Waals surface area contributed by atoms with E-state index >= 15 is 0 Å². The van der Waals surface area contributed by atoms with Gasteiger partial charge in [-0.15, -0.1) is 0 Å². The van der Waals surface area contributed by atoms with Crippen molar-refractivity contribution >= 4 is 23.4 Å². The van der Waals surface area contributed by atoms with E-state index in [1.165, 1.54) is 12.5 Å². The minimum Gasteiger partial charge on any atom is -0.436 e. The van der Waals surface area contributed by atoms with Crippen molar-refractivity contribution in [3.8, 4) is 0 Å². The molecule has 1 aromatic carbocycles. The first kappa shape index (κ1) is 13.3. The van der Waals surface area contributed by atoms with Crippen molar-refractivity contribution in [2.24, 2.45) is 5.41 Å². The Labute approximate surface area is 127 Å². The van der Waals surface area contributed by atoms with Crippen molar-refractivity contribution in [3.63, 3.8) is 0 Å². The molecule has 1 aromatic rings. The van der Waals surface area contributed by atoms with E-state index in [1.807, 2.05) is 0 Å². The third kappa shape index (κ3) is 1.87. The van der Waals surface area contributed by atoms with Crippen LogP contribution in [-0.4, -0.2) is 19.2 Å². The summed E-state index contributed by atoms with van der Waals surface area (Å²) in [5.41, 5.74) is 0.00660. The van der Waals surface area contributed by atoms with Gasteiger partial charge < -0.3 is 10.1 Å². The first-order valence-electron chi connectivity index (χ1n) is 7.23. The molecule has 0 aromatic heterocycles. The number of benzene rings is 1. The highest BCUT2D eigenvalue weighted by atomic mass is 35.5. The molecule has 2 spiro atoms. The normalized spacial score (nSPS) is 29.5. The molecule has 4 nitrogen and oxygen atoms in total. The third-order valence-corrected chi connectivity index (χ3v) is 5.35. The molecule has 3 aliphatic rings. The van der Waals surface area contributed by atoms with Gasteiger partial charge in [-0.05, 0) is 36.8 Å². The number of ether oxygens (including phenoxy) is 1. The zero-order valence-corrected chi connectivity index (χ0v) is 12.2. The first-order chi connectivity index (χ1) is 10.0. The van der Waals surface area contributed by atoms with Gasteiger partial charge in [-0.3, -0.25) is 5.32 Å². The predicted octanol–water partition coefficient (Wildman–Crippen LogP) is 3.40. The highest BCUT2D eigenvalue weighted by Crippen LogP contribution is 2.54. The Hall–Kier alpha value is -1.33. The second-order valence-corrected chi connectivity index (χ2v) is 6.83. The fraction of sp³-hybridized carbons (Fsp3) is 0.533. The van der Waals surface area contributed by atoms with Crippen molar-refractivity contribution < 1.29 is 13.9 Å². The molecule has 112 valence electrons. The van der Waals surface area contributed by atoms with Gasteiger partial charge in [0.1, 0.15) is 0 Å². The fourth-order valence-electron chi connectivity index (χ4n) is 4.00. The number of piperidine rings is 1. The van der Waals surface area contributed by atoms with E-state index in [-0.39, 0.29) is 10.4 Å². The molecule has 1 saturated heterocycles. The van der Waals surface area contributed by atoms with Crippen LogP contribution in [0.2, 0.25) is 5.02 Å². The van der Waals surface area contributed by atoms with Crippen LogP contribution in [0.25, 0.3) is 0 Å². The summed E-state index contributed by atoms with van der Waals surface area (Å²) in [4.78, 5) is 11.9. The Morgan fingerprint density at radius 1 is 1.29 bits per heavy atom. The second kappa shape index (κ2) is 4.34. The number of anilines is 1. The topological polar surface area (TPSA) is 50.4 Å². The van der Waals surface area contributed by atoms with Gasteiger partial charge in [-0.25, -0.2) is 9.18 Å². The van der Waals surface area contributed by atoms with Gasteiger partial charge in [0.25, 0.3) is 0 Å².